The van der Waals surface area contributed by atoms with Gasteiger partial charge in [0.2, 0.25) is 0 Å². The number of piperidine rings is 1. The quantitative estimate of drug-likeness (QED) is 0.643. The molecule has 1 aromatic carbocycles. The maximum atomic E-state index is 13.2. The lowest BCUT2D eigenvalue weighted by Crippen LogP contribution is -2.50. The van der Waals surface area contributed by atoms with Gasteiger partial charge in [-0.15, -0.1) is 0 Å². The SMILES string of the molecule is COc1cccc(CC(C2CCN(C(=O)C3CCCO3)CC2)N(C)C(=O)c2ccn(C)n2)c1. The molecule has 3 heterocycles. The Morgan fingerprint density at radius 1 is 1.24 bits per heavy atom. The van der Waals surface area contributed by atoms with Crippen molar-refractivity contribution in [1.29, 1.82) is 0 Å². The Hall–Kier alpha value is -2.87. The summed E-state index contributed by atoms with van der Waals surface area (Å²) in [7, 11) is 5.34. The number of hydrogen-bond donors (Lipinski definition) is 0. The van der Waals surface area contributed by atoms with Crippen molar-refractivity contribution in [3.63, 3.8) is 0 Å². The number of methoxy groups -OCH3 is 1. The number of likely N-dealkylation sites (N-methyl/N-ethyl adjacent to an activating group) is 1. The molecule has 2 amide bonds. The summed E-state index contributed by atoms with van der Waals surface area (Å²) in [6.45, 7) is 2.07. The summed E-state index contributed by atoms with van der Waals surface area (Å²) in [6, 6.07) is 9.76. The summed E-state index contributed by atoms with van der Waals surface area (Å²) in [6.07, 6.45) is 5.71. The normalized spacial score (nSPS) is 20.0. The number of aromatic nitrogens is 2. The van der Waals surface area contributed by atoms with Crippen molar-refractivity contribution >= 4 is 11.8 Å². The Kier molecular flexibility index (Phi) is 7.33. The third-order valence-corrected chi connectivity index (χ3v) is 6.93. The summed E-state index contributed by atoms with van der Waals surface area (Å²) in [5.74, 6) is 1.12. The van der Waals surface area contributed by atoms with E-state index in [1.54, 1.807) is 24.1 Å². The van der Waals surface area contributed by atoms with Gasteiger partial charge in [-0.1, -0.05) is 12.1 Å². The average Bonchev–Trinajstić information content (AvgIpc) is 3.54. The van der Waals surface area contributed by atoms with Gasteiger partial charge in [-0.25, -0.2) is 0 Å². The van der Waals surface area contributed by atoms with E-state index in [9.17, 15) is 9.59 Å². The van der Waals surface area contributed by atoms with E-state index < -0.39 is 0 Å². The number of carbonyl (C=O) groups is 2. The third kappa shape index (κ3) is 5.38. The highest BCUT2D eigenvalue weighted by Crippen LogP contribution is 2.29. The fourth-order valence-electron chi connectivity index (χ4n) is 5.00. The van der Waals surface area contributed by atoms with Crippen molar-refractivity contribution in [2.75, 3.05) is 33.9 Å². The zero-order valence-electron chi connectivity index (χ0n) is 19.8. The Bertz CT molecular complexity index is 961. The molecule has 0 aliphatic carbocycles. The molecule has 0 N–H and O–H groups in total. The van der Waals surface area contributed by atoms with E-state index in [0.29, 0.717) is 25.4 Å². The van der Waals surface area contributed by atoms with Crippen LogP contribution >= 0.6 is 0 Å². The molecule has 2 aliphatic rings. The van der Waals surface area contributed by atoms with E-state index in [4.69, 9.17) is 9.47 Å². The summed E-state index contributed by atoms with van der Waals surface area (Å²) < 4.78 is 12.6. The topological polar surface area (TPSA) is 76.9 Å². The minimum absolute atomic E-state index is 0.00778. The number of amides is 2. The first-order valence-corrected chi connectivity index (χ1v) is 11.8. The number of ether oxygens (including phenoxy) is 2. The number of carbonyl (C=O) groups excluding carboxylic acids is 2. The highest BCUT2D eigenvalue weighted by molar-refractivity contribution is 5.92. The maximum Gasteiger partial charge on any atom is 0.274 e. The molecular weight excluding hydrogens is 420 g/mol. The van der Waals surface area contributed by atoms with Crippen molar-refractivity contribution in [1.82, 2.24) is 19.6 Å². The van der Waals surface area contributed by atoms with Gasteiger partial charge in [-0.3, -0.25) is 14.3 Å². The van der Waals surface area contributed by atoms with Gasteiger partial charge in [0.25, 0.3) is 11.8 Å². The fraction of sp³-hybridized carbons (Fsp3) is 0.560. The molecule has 1 aromatic heterocycles. The second kappa shape index (κ2) is 10.4. The summed E-state index contributed by atoms with van der Waals surface area (Å²) in [5, 5.41) is 4.31. The first-order valence-electron chi connectivity index (χ1n) is 11.8. The molecule has 0 spiro atoms. The van der Waals surface area contributed by atoms with Crippen LogP contribution in [-0.2, 0) is 23.0 Å². The van der Waals surface area contributed by atoms with Crippen molar-refractivity contribution in [3.05, 3.63) is 47.8 Å². The summed E-state index contributed by atoms with van der Waals surface area (Å²) >= 11 is 0. The molecular formula is C25H34N4O4. The fourth-order valence-corrected chi connectivity index (χ4v) is 5.00. The van der Waals surface area contributed by atoms with Crippen LogP contribution in [-0.4, -0.2) is 77.4 Å². The van der Waals surface area contributed by atoms with E-state index in [-0.39, 0.29) is 29.9 Å². The first-order chi connectivity index (χ1) is 16.0. The van der Waals surface area contributed by atoms with Gasteiger partial charge in [-0.05, 0) is 61.8 Å². The average molecular weight is 455 g/mol. The van der Waals surface area contributed by atoms with Gasteiger partial charge in [0.15, 0.2) is 0 Å². The first kappa shape index (κ1) is 23.3. The number of nitrogens with zero attached hydrogens (tertiary/aromatic N) is 4. The lowest BCUT2D eigenvalue weighted by atomic mass is 9.84. The maximum absolute atomic E-state index is 13.2. The standard InChI is InChI=1S/C25H34N4O4/c1-27-12-11-21(26-27)24(30)28(2)22(17-18-6-4-7-20(16-18)32-3)19-9-13-29(14-10-19)25(31)23-8-5-15-33-23/h4,6-7,11-12,16,19,22-23H,5,8-10,13-15,17H2,1-3H3. The molecule has 8 heteroatoms. The Labute approximate surface area is 195 Å². The minimum Gasteiger partial charge on any atom is -0.497 e. The van der Waals surface area contributed by atoms with E-state index in [1.165, 1.54) is 0 Å². The van der Waals surface area contributed by atoms with Crippen LogP contribution in [0, 0.1) is 5.92 Å². The zero-order chi connectivity index (χ0) is 23.4. The number of hydrogen-bond acceptors (Lipinski definition) is 5. The Morgan fingerprint density at radius 3 is 2.67 bits per heavy atom. The second-order valence-electron chi connectivity index (χ2n) is 9.08. The zero-order valence-corrected chi connectivity index (χ0v) is 19.8. The molecule has 0 bridgehead atoms. The van der Waals surface area contributed by atoms with Crippen LogP contribution in [0.3, 0.4) is 0 Å². The van der Waals surface area contributed by atoms with E-state index in [1.807, 2.05) is 42.1 Å². The van der Waals surface area contributed by atoms with Gasteiger partial charge >= 0.3 is 0 Å². The molecule has 2 fully saturated rings. The van der Waals surface area contributed by atoms with E-state index >= 15 is 0 Å². The van der Waals surface area contributed by atoms with Crippen LogP contribution in [0.15, 0.2) is 36.5 Å². The Balaban J connectivity index is 1.49. The third-order valence-electron chi connectivity index (χ3n) is 6.93. The van der Waals surface area contributed by atoms with E-state index in [2.05, 4.69) is 11.2 Å². The lowest BCUT2D eigenvalue weighted by molar-refractivity contribution is -0.142. The largest absolute Gasteiger partial charge is 0.497 e. The molecule has 4 rings (SSSR count). The van der Waals surface area contributed by atoms with Gasteiger partial charge in [-0.2, -0.15) is 5.10 Å². The van der Waals surface area contributed by atoms with Crippen molar-refractivity contribution < 1.29 is 19.1 Å². The van der Waals surface area contributed by atoms with Gasteiger partial charge in [0.05, 0.1) is 7.11 Å². The highest BCUT2D eigenvalue weighted by Gasteiger charge is 2.36. The van der Waals surface area contributed by atoms with E-state index in [0.717, 1.165) is 43.4 Å². The summed E-state index contributed by atoms with van der Waals surface area (Å²) in [4.78, 5) is 29.8. The molecule has 178 valence electrons. The van der Waals surface area contributed by atoms with Crippen LogP contribution in [0.5, 0.6) is 5.75 Å². The Morgan fingerprint density at radius 2 is 2.03 bits per heavy atom. The molecule has 2 atom stereocenters. The highest BCUT2D eigenvalue weighted by atomic mass is 16.5. The monoisotopic (exact) mass is 454 g/mol. The van der Waals surface area contributed by atoms with Crippen molar-refractivity contribution in [2.24, 2.45) is 13.0 Å². The molecule has 0 radical (unpaired) electrons. The van der Waals surface area contributed by atoms with Crippen LogP contribution in [0.1, 0.15) is 41.7 Å². The van der Waals surface area contributed by atoms with Crippen LogP contribution in [0.4, 0.5) is 0 Å². The van der Waals surface area contributed by atoms with Crippen LogP contribution in [0.2, 0.25) is 0 Å². The predicted octanol–water partition coefficient (Wildman–Crippen LogP) is 2.53. The second-order valence-corrected chi connectivity index (χ2v) is 9.08. The molecule has 2 aromatic rings. The number of rotatable bonds is 7. The van der Waals surface area contributed by atoms with Crippen molar-refractivity contribution in [2.45, 2.75) is 44.2 Å². The van der Waals surface area contributed by atoms with Crippen LogP contribution < -0.4 is 4.74 Å². The smallest absolute Gasteiger partial charge is 0.274 e. The molecule has 2 aliphatic heterocycles. The van der Waals surface area contributed by atoms with Gasteiger partial charge < -0.3 is 19.3 Å². The van der Waals surface area contributed by atoms with Crippen LogP contribution in [0.25, 0.3) is 0 Å². The number of benzene rings is 1. The lowest BCUT2D eigenvalue weighted by Gasteiger charge is -2.40. The molecule has 2 unspecified atom stereocenters. The molecule has 0 saturated carbocycles. The summed E-state index contributed by atoms with van der Waals surface area (Å²) in [5.41, 5.74) is 1.57. The van der Waals surface area contributed by atoms with Gasteiger partial charge in [0, 0.05) is 46.0 Å². The minimum atomic E-state index is -0.275. The van der Waals surface area contributed by atoms with Gasteiger partial charge in [0.1, 0.15) is 17.5 Å². The predicted molar refractivity (Wildman–Crippen MR) is 124 cm³/mol. The number of aryl methyl sites for hydroxylation is 1. The van der Waals surface area contributed by atoms with Crippen molar-refractivity contribution in [3.8, 4) is 5.75 Å². The number of likely N-dealkylation sites (tertiary alicyclic amines) is 1. The molecule has 2 saturated heterocycles. The molecule has 33 heavy (non-hydrogen) atoms. The molecule has 8 nitrogen and oxygen atoms in total.